The molecule has 0 aliphatic carbocycles. The number of aromatic nitrogens is 2. The minimum absolute atomic E-state index is 0.141. The Kier molecular flexibility index (Phi) is 4.69. The Morgan fingerprint density at radius 2 is 2.29 bits per heavy atom. The first-order chi connectivity index (χ1) is 7.92. The summed E-state index contributed by atoms with van der Waals surface area (Å²) in [5.41, 5.74) is 0.775. The molecule has 1 unspecified atom stereocenters. The highest BCUT2D eigenvalue weighted by Crippen LogP contribution is 2.07. The van der Waals surface area contributed by atoms with E-state index in [1.807, 2.05) is 27.7 Å². The molecule has 1 aromatic heterocycles. The number of rotatable bonds is 5. The van der Waals surface area contributed by atoms with E-state index in [2.05, 4.69) is 15.3 Å². The van der Waals surface area contributed by atoms with Crippen molar-refractivity contribution in [2.45, 2.75) is 45.7 Å². The average Bonchev–Trinajstić information content (AvgIpc) is 2.67. The van der Waals surface area contributed by atoms with Crippen LogP contribution in [-0.4, -0.2) is 34.1 Å². The summed E-state index contributed by atoms with van der Waals surface area (Å²) in [6.07, 6.45) is 3.88. The molecule has 5 nitrogen and oxygen atoms in total. The Morgan fingerprint density at radius 3 is 2.76 bits per heavy atom. The number of ether oxygens (including phenoxy) is 1. The van der Waals surface area contributed by atoms with E-state index in [4.69, 9.17) is 4.74 Å². The molecular formula is C12H21N3O2. The lowest BCUT2D eigenvalue weighted by Crippen LogP contribution is -2.49. The van der Waals surface area contributed by atoms with Crippen molar-refractivity contribution in [1.82, 2.24) is 15.3 Å². The summed E-state index contributed by atoms with van der Waals surface area (Å²) in [5.74, 6) is -0.225. The molecule has 0 aliphatic rings. The first-order valence-electron chi connectivity index (χ1n) is 5.84. The second-order valence-corrected chi connectivity index (χ2v) is 4.98. The number of carbonyl (C=O) groups is 1. The third-order valence-electron chi connectivity index (χ3n) is 2.16. The van der Waals surface area contributed by atoms with Gasteiger partial charge in [0.15, 0.2) is 0 Å². The van der Waals surface area contributed by atoms with Crippen LogP contribution in [0.2, 0.25) is 0 Å². The van der Waals surface area contributed by atoms with Crippen molar-refractivity contribution in [2.75, 3.05) is 6.61 Å². The molecule has 0 aliphatic heterocycles. The van der Waals surface area contributed by atoms with Crippen molar-refractivity contribution < 1.29 is 9.53 Å². The van der Waals surface area contributed by atoms with Crippen LogP contribution in [0.1, 0.15) is 33.4 Å². The monoisotopic (exact) mass is 239 g/mol. The third kappa shape index (κ3) is 4.99. The van der Waals surface area contributed by atoms with Gasteiger partial charge < -0.3 is 9.72 Å². The van der Waals surface area contributed by atoms with Gasteiger partial charge in [0.05, 0.1) is 12.9 Å². The van der Waals surface area contributed by atoms with Crippen LogP contribution in [0.5, 0.6) is 0 Å². The van der Waals surface area contributed by atoms with Crippen molar-refractivity contribution in [3.63, 3.8) is 0 Å². The van der Waals surface area contributed by atoms with E-state index in [0.29, 0.717) is 13.0 Å². The fraction of sp³-hybridized carbons (Fsp3) is 0.667. The zero-order valence-electron chi connectivity index (χ0n) is 10.9. The molecule has 0 radical (unpaired) electrons. The van der Waals surface area contributed by atoms with Crippen molar-refractivity contribution in [3.05, 3.63) is 18.2 Å². The molecule has 0 aromatic carbocycles. The number of nitrogens with zero attached hydrogens (tertiary/aromatic N) is 1. The minimum Gasteiger partial charge on any atom is -0.465 e. The number of hydrogen-bond donors (Lipinski definition) is 2. The van der Waals surface area contributed by atoms with Gasteiger partial charge >= 0.3 is 5.97 Å². The smallest absolute Gasteiger partial charge is 0.323 e. The number of hydrogen-bond acceptors (Lipinski definition) is 4. The molecular weight excluding hydrogens is 218 g/mol. The van der Waals surface area contributed by atoms with Crippen LogP contribution < -0.4 is 5.32 Å². The average molecular weight is 239 g/mol. The molecule has 1 rings (SSSR count). The highest BCUT2D eigenvalue weighted by atomic mass is 16.5. The normalized spacial score (nSPS) is 13.4. The lowest BCUT2D eigenvalue weighted by molar-refractivity contribution is -0.146. The van der Waals surface area contributed by atoms with Crippen molar-refractivity contribution in [3.8, 4) is 0 Å². The van der Waals surface area contributed by atoms with Gasteiger partial charge in [0, 0.05) is 23.9 Å². The molecule has 0 bridgehead atoms. The van der Waals surface area contributed by atoms with E-state index in [-0.39, 0.29) is 17.6 Å². The van der Waals surface area contributed by atoms with E-state index < -0.39 is 0 Å². The van der Waals surface area contributed by atoms with Crippen LogP contribution in [-0.2, 0) is 16.0 Å². The van der Waals surface area contributed by atoms with Gasteiger partial charge in [-0.3, -0.25) is 10.1 Å². The van der Waals surface area contributed by atoms with E-state index in [1.54, 1.807) is 12.5 Å². The summed E-state index contributed by atoms with van der Waals surface area (Å²) in [7, 11) is 0. The highest BCUT2D eigenvalue weighted by Gasteiger charge is 2.25. The predicted molar refractivity (Wildman–Crippen MR) is 65.6 cm³/mol. The molecule has 0 amide bonds. The fourth-order valence-corrected chi connectivity index (χ4v) is 1.58. The molecule has 1 heterocycles. The van der Waals surface area contributed by atoms with Crippen LogP contribution >= 0.6 is 0 Å². The van der Waals surface area contributed by atoms with E-state index in [1.165, 1.54) is 0 Å². The summed E-state index contributed by atoms with van der Waals surface area (Å²) in [5, 5.41) is 3.26. The van der Waals surface area contributed by atoms with E-state index >= 15 is 0 Å². The molecule has 0 saturated heterocycles. The Bertz CT molecular complexity index is 341. The number of imidazole rings is 1. The molecule has 1 aromatic rings. The lowest BCUT2D eigenvalue weighted by Gasteiger charge is -2.26. The number of H-pyrrole nitrogens is 1. The topological polar surface area (TPSA) is 67.0 Å². The summed E-state index contributed by atoms with van der Waals surface area (Å²) in [6.45, 7) is 8.26. The lowest BCUT2D eigenvalue weighted by atomic mass is 10.0. The van der Waals surface area contributed by atoms with Gasteiger partial charge in [0.25, 0.3) is 0 Å². The molecule has 0 spiro atoms. The summed E-state index contributed by atoms with van der Waals surface area (Å²) >= 11 is 0. The Balaban J connectivity index is 2.68. The summed E-state index contributed by atoms with van der Waals surface area (Å²) in [4.78, 5) is 18.8. The molecule has 1 atom stereocenters. The first kappa shape index (κ1) is 13.7. The SMILES string of the molecule is CCOC(=O)C(Cc1cnc[nH]1)NC(C)(C)C. The Hall–Kier alpha value is -1.36. The van der Waals surface area contributed by atoms with Crippen molar-refractivity contribution in [1.29, 1.82) is 0 Å². The zero-order valence-corrected chi connectivity index (χ0v) is 10.9. The number of esters is 1. The van der Waals surface area contributed by atoms with Gasteiger partial charge in [-0.15, -0.1) is 0 Å². The fourth-order valence-electron chi connectivity index (χ4n) is 1.58. The molecule has 5 heteroatoms. The van der Waals surface area contributed by atoms with Gasteiger partial charge in [0.2, 0.25) is 0 Å². The largest absolute Gasteiger partial charge is 0.465 e. The summed E-state index contributed by atoms with van der Waals surface area (Å²) in [6, 6.07) is -0.351. The van der Waals surface area contributed by atoms with Crippen LogP contribution in [0.15, 0.2) is 12.5 Å². The summed E-state index contributed by atoms with van der Waals surface area (Å²) < 4.78 is 5.06. The van der Waals surface area contributed by atoms with Crippen molar-refractivity contribution >= 4 is 5.97 Å². The third-order valence-corrected chi connectivity index (χ3v) is 2.16. The molecule has 0 saturated carbocycles. The standard InChI is InChI=1S/C12H21N3O2/c1-5-17-11(16)10(15-12(2,3)4)6-9-7-13-8-14-9/h7-8,10,15H,5-6H2,1-4H3,(H,13,14). The highest BCUT2D eigenvalue weighted by molar-refractivity contribution is 5.76. The first-order valence-corrected chi connectivity index (χ1v) is 5.84. The maximum absolute atomic E-state index is 11.8. The Morgan fingerprint density at radius 1 is 1.59 bits per heavy atom. The molecule has 0 fully saturated rings. The number of carbonyl (C=O) groups excluding carboxylic acids is 1. The van der Waals surface area contributed by atoms with Crippen LogP contribution in [0, 0.1) is 0 Å². The molecule has 96 valence electrons. The quantitative estimate of drug-likeness (QED) is 0.759. The van der Waals surface area contributed by atoms with E-state index in [0.717, 1.165) is 5.69 Å². The second kappa shape index (κ2) is 5.82. The van der Waals surface area contributed by atoms with Crippen LogP contribution in [0.3, 0.4) is 0 Å². The maximum atomic E-state index is 11.8. The van der Waals surface area contributed by atoms with Gasteiger partial charge in [-0.05, 0) is 27.7 Å². The Labute approximate surface area is 102 Å². The number of aromatic amines is 1. The van der Waals surface area contributed by atoms with Crippen LogP contribution in [0.4, 0.5) is 0 Å². The van der Waals surface area contributed by atoms with Gasteiger partial charge in [0.1, 0.15) is 6.04 Å². The zero-order chi connectivity index (χ0) is 12.9. The maximum Gasteiger partial charge on any atom is 0.323 e. The number of nitrogens with one attached hydrogen (secondary N) is 2. The van der Waals surface area contributed by atoms with Crippen molar-refractivity contribution in [2.24, 2.45) is 0 Å². The molecule has 2 N–H and O–H groups in total. The van der Waals surface area contributed by atoms with E-state index in [9.17, 15) is 4.79 Å². The second-order valence-electron chi connectivity index (χ2n) is 4.98. The van der Waals surface area contributed by atoms with Gasteiger partial charge in [-0.2, -0.15) is 0 Å². The minimum atomic E-state index is -0.351. The van der Waals surface area contributed by atoms with Gasteiger partial charge in [-0.25, -0.2) is 4.98 Å². The van der Waals surface area contributed by atoms with Gasteiger partial charge in [-0.1, -0.05) is 0 Å². The molecule has 17 heavy (non-hydrogen) atoms. The predicted octanol–water partition coefficient (Wildman–Crippen LogP) is 1.27. The van der Waals surface area contributed by atoms with Crippen LogP contribution in [0.25, 0.3) is 0 Å².